The molecule has 1 aliphatic heterocycles. The number of aliphatic carboxylic acids is 1. The van der Waals surface area contributed by atoms with E-state index in [1.807, 2.05) is 6.08 Å². The van der Waals surface area contributed by atoms with Crippen molar-refractivity contribution in [2.45, 2.75) is 12.5 Å². The third-order valence-electron chi connectivity index (χ3n) is 2.25. The molecule has 0 aromatic carbocycles. The fraction of sp³-hybridized carbons (Fsp3) is 0.667. The van der Waals surface area contributed by atoms with Gasteiger partial charge in [-0.1, -0.05) is 6.08 Å². The van der Waals surface area contributed by atoms with Gasteiger partial charge in [0.05, 0.1) is 6.42 Å². The van der Waals surface area contributed by atoms with Crippen LogP contribution in [-0.4, -0.2) is 48.2 Å². The molecule has 4 nitrogen and oxygen atoms in total. The van der Waals surface area contributed by atoms with Gasteiger partial charge in [0, 0.05) is 32.2 Å². The summed E-state index contributed by atoms with van der Waals surface area (Å²) >= 11 is 0. The molecule has 0 bridgehead atoms. The highest BCUT2D eigenvalue weighted by Gasteiger charge is 2.22. The molecule has 4 heteroatoms. The van der Waals surface area contributed by atoms with Crippen molar-refractivity contribution in [3.05, 3.63) is 12.7 Å². The highest BCUT2D eigenvalue weighted by Crippen LogP contribution is 2.06. The Morgan fingerprint density at radius 3 is 3.15 bits per heavy atom. The first-order valence-electron chi connectivity index (χ1n) is 4.51. The molecule has 1 aliphatic rings. The second-order valence-electron chi connectivity index (χ2n) is 3.24. The minimum Gasteiger partial charge on any atom is -0.481 e. The summed E-state index contributed by atoms with van der Waals surface area (Å²) in [6.07, 6.45) is 2.03. The van der Waals surface area contributed by atoms with Gasteiger partial charge in [0.1, 0.15) is 0 Å². The van der Waals surface area contributed by atoms with Gasteiger partial charge in [0.2, 0.25) is 0 Å². The zero-order valence-electron chi connectivity index (χ0n) is 7.70. The molecule has 1 heterocycles. The highest BCUT2D eigenvalue weighted by molar-refractivity contribution is 5.67. The van der Waals surface area contributed by atoms with Crippen molar-refractivity contribution in [3.63, 3.8) is 0 Å². The maximum absolute atomic E-state index is 10.5. The van der Waals surface area contributed by atoms with Crippen molar-refractivity contribution in [2.75, 3.05) is 26.2 Å². The summed E-state index contributed by atoms with van der Waals surface area (Å²) in [6.45, 7) is 7.04. The van der Waals surface area contributed by atoms with E-state index in [0.717, 1.165) is 26.2 Å². The lowest BCUT2D eigenvalue weighted by molar-refractivity contribution is -0.138. The number of hydrogen-bond donors (Lipinski definition) is 2. The van der Waals surface area contributed by atoms with Crippen LogP contribution >= 0.6 is 0 Å². The largest absolute Gasteiger partial charge is 0.481 e. The zero-order chi connectivity index (χ0) is 9.68. The van der Waals surface area contributed by atoms with Gasteiger partial charge in [-0.15, -0.1) is 6.58 Å². The molecule has 13 heavy (non-hydrogen) atoms. The first-order chi connectivity index (χ1) is 6.24. The van der Waals surface area contributed by atoms with E-state index >= 15 is 0 Å². The maximum atomic E-state index is 10.5. The number of rotatable bonds is 4. The van der Waals surface area contributed by atoms with Crippen molar-refractivity contribution in [3.8, 4) is 0 Å². The Bertz CT molecular complexity index is 194. The molecule has 1 fully saturated rings. The zero-order valence-corrected chi connectivity index (χ0v) is 7.70. The van der Waals surface area contributed by atoms with Crippen LogP contribution in [0.1, 0.15) is 6.42 Å². The Balaban J connectivity index is 2.45. The number of nitrogens with one attached hydrogen (secondary N) is 1. The predicted octanol–water partition coefficient (Wildman–Crippen LogP) is -0.0791. The van der Waals surface area contributed by atoms with Crippen LogP contribution in [0.4, 0.5) is 0 Å². The van der Waals surface area contributed by atoms with E-state index in [0.29, 0.717) is 0 Å². The Hall–Kier alpha value is -0.870. The van der Waals surface area contributed by atoms with Crippen LogP contribution in [-0.2, 0) is 4.79 Å². The van der Waals surface area contributed by atoms with Crippen molar-refractivity contribution < 1.29 is 9.90 Å². The molecule has 0 spiro atoms. The summed E-state index contributed by atoms with van der Waals surface area (Å²) in [4.78, 5) is 12.7. The van der Waals surface area contributed by atoms with Gasteiger partial charge in [-0.25, -0.2) is 0 Å². The van der Waals surface area contributed by atoms with Crippen LogP contribution in [0.15, 0.2) is 12.7 Å². The first-order valence-corrected chi connectivity index (χ1v) is 4.51. The topological polar surface area (TPSA) is 52.6 Å². The van der Waals surface area contributed by atoms with Crippen molar-refractivity contribution >= 4 is 5.97 Å². The fourth-order valence-electron chi connectivity index (χ4n) is 1.61. The van der Waals surface area contributed by atoms with Gasteiger partial charge >= 0.3 is 5.97 Å². The van der Waals surface area contributed by atoms with Crippen LogP contribution in [0.25, 0.3) is 0 Å². The van der Waals surface area contributed by atoms with Gasteiger partial charge in [-0.3, -0.25) is 9.69 Å². The van der Waals surface area contributed by atoms with Crippen LogP contribution < -0.4 is 5.32 Å². The molecule has 2 N–H and O–H groups in total. The molecule has 1 unspecified atom stereocenters. The molecule has 0 amide bonds. The minimum absolute atomic E-state index is 0.115. The van der Waals surface area contributed by atoms with E-state index < -0.39 is 5.97 Å². The lowest BCUT2D eigenvalue weighted by atomic mass is 10.1. The second-order valence-corrected chi connectivity index (χ2v) is 3.24. The van der Waals surface area contributed by atoms with Gasteiger partial charge in [-0.05, 0) is 0 Å². The lowest BCUT2D eigenvalue weighted by Crippen LogP contribution is -2.51. The van der Waals surface area contributed by atoms with Crippen LogP contribution in [0.3, 0.4) is 0 Å². The average molecular weight is 184 g/mol. The van der Waals surface area contributed by atoms with Gasteiger partial charge in [0.15, 0.2) is 0 Å². The normalized spacial score (nSPS) is 24.2. The van der Waals surface area contributed by atoms with Crippen molar-refractivity contribution in [2.24, 2.45) is 0 Å². The molecule has 0 radical (unpaired) electrons. The van der Waals surface area contributed by atoms with Crippen LogP contribution in [0, 0.1) is 0 Å². The van der Waals surface area contributed by atoms with Crippen molar-refractivity contribution in [1.82, 2.24) is 10.2 Å². The molecule has 1 saturated heterocycles. The summed E-state index contributed by atoms with van der Waals surface area (Å²) in [5.41, 5.74) is 0. The summed E-state index contributed by atoms with van der Waals surface area (Å²) in [6, 6.07) is 0.115. The lowest BCUT2D eigenvalue weighted by Gasteiger charge is -2.34. The van der Waals surface area contributed by atoms with E-state index in [1.54, 1.807) is 0 Å². The summed E-state index contributed by atoms with van der Waals surface area (Å²) < 4.78 is 0. The third-order valence-corrected chi connectivity index (χ3v) is 2.25. The Labute approximate surface area is 78.2 Å². The SMILES string of the molecule is C=CCN1CCNCC1CC(=O)O. The minimum atomic E-state index is -0.734. The molecule has 0 aromatic heterocycles. The van der Waals surface area contributed by atoms with Crippen molar-refractivity contribution in [1.29, 1.82) is 0 Å². The number of piperazine rings is 1. The maximum Gasteiger partial charge on any atom is 0.304 e. The van der Waals surface area contributed by atoms with E-state index in [1.165, 1.54) is 0 Å². The molecule has 0 aromatic rings. The number of nitrogens with zero attached hydrogens (tertiary/aromatic N) is 1. The molecule has 1 atom stereocenters. The first kappa shape index (κ1) is 10.2. The summed E-state index contributed by atoms with van der Waals surface area (Å²) in [5.74, 6) is -0.734. The molecule has 0 aliphatic carbocycles. The van der Waals surface area contributed by atoms with Gasteiger partial charge in [-0.2, -0.15) is 0 Å². The van der Waals surface area contributed by atoms with E-state index in [-0.39, 0.29) is 12.5 Å². The van der Waals surface area contributed by atoms with Crippen LogP contribution in [0.5, 0.6) is 0 Å². The van der Waals surface area contributed by atoms with Gasteiger partial charge < -0.3 is 10.4 Å². The number of carboxylic acids is 1. The summed E-state index contributed by atoms with van der Waals surface area (Å²) in [5, 5.41) is 11.9. The quantitative estimate of drug-likeness (QED) is 0.600. The van der Waals surface area contributed by atoms with E-state index in [2.05, 4.69) is 16.8 Å². The fourth-order valence-corrected chi connectivity index (χ4v) is 1.61. The second kappa shape index (κ2) is 4.99. The third kappa shape index (κ3) is 3.16. The van der Waals surface area contributed by atoms with Crippen LogP contribution in [0.2, 0.25) is 0 Å². The molecule has 74 valence electrons. The molecule has 0 saturated carbocycles. The van der Waals surface area contributed by atoms with E-state index in [4.69, 9.17) is 5.11 Å². The van der Waals surface area contributed by atoms with E-state index in [9.17, 15) is 4.79 Å². The Kier molecular flexibility index (Phi) is 3.92. The van der Waals surface area contributed by atoms with Gasteiger partial charge in [0.25, 0.3) is 0 Å². The standard InChI is InChI=1S/C9H16N2O2/c1-2-4-11-5-3-10-7-8(11)6-9(12)13/h2,8,10H,1,3-7H2,(H,12,13). The Morgan fingerprint density at radius 1 is 1.77 bits per heavy atom. The summed E-state index contributed by atoms with van der Waals surface area (Å²) in [7, 11) is 0. The average Bonchev–Trinajstić information content (AvgIpc) is 2.08. The monoisotopic (exact) mass is 184 g/mol. The smallest absolute Gasteiger partial charge is 0.304 e. The molecule has 1 rings (SSSR count). The number of hydrogen-bond acceptors (Lipinski definition) is 3. The highest BCUT2D eigenvalue weighted by atomic mass is 16.4. The number of carbonyl (C=O) groups is 1. The molecular weight excluding hydrogens is 168 g/mol. The molecular formula is C9H16N2O2. The predicted molar refractivity (Wildman–Crippen MR) is 50.7 cm³/mol. The number of carboxylic acid groups (broad SMARTS) is 1. The Morgan fingerprint density at radius 2 is 2.54 bits per heavy atom.